The Labute approximate surface area is 95.8 Å². The van der Waals surface area contributed by atoms with Crippen LogP contribution in [0.25, 0.3) is 11.3 Å². The number of nitrogens with zero attached hydrogens (tertiary/aromatic N) is 1. The fourth-order valence-electron chi connectivity index (χ4n) is 1.28. The summed E-state index contributed by atoms with van der Waals surface area (Å²) in [6.07, 6.45) is 1.16. The maximum Gasteiger partial charge on any atom is 0.149 e. The molecule has 2 rings (SSSR count). The van der Waals surface area contributed by atoms with Gasteiger partial charge in [-0.05, 0) is 30.3 Å². The number of hydrogen-bond donors (Lipinski definition) is 1. The maximum absolute atomic E-state index is 12.9. The number of furan rings is 1. The van der Waals surface area contributed by atoms with Gasteiger partial charge in [-0.1, -0.05) is 16.8 Å². The molecule has 5 heteroatoms. The van der Waals surface area contributed by atoms with Crippen LogP contribution in [0, 0.1) is 5.82 Å². The third-order valence-electron chi connectivity index (χ3n) is 2.02. The number of hydrogen-bond acceptors (Lipinski definition) is 3. The summed E-state index contributed by atoms with van der Waals surface area (Å²) < 4.78 is 18.2. The molecule has 0 saturated carbocycles. The number of rotatable bonds is 2. The summed E-state index contributed by atoms with van der Waals surface area (Å²) in [5, 5.41) is 11.2. The second-order valence-corrected chi connectivity index (χ2v) is 3.48. The molecule has 16 heavy (non-hydrogen) atoms. The van der Waals surface area contributed by atoms with Crippen molar-refractivity contribution >= 4 is 17.8 Å². The molecule has 2 aromatic rings. The molecule has 0 amide bonds. The molecule has 0 atom stereocenters. The molecule has 0 spiro atoms. The van der Waals surface area contributed by atoms with Crippen molar-refractivity contribution < 1.29 is 14.0 Å². The highest BCUT2D eigenvalue weighted by Gasteiger charge is 2.06. The van der Waals surface area contributed by atoms with E-state index in [2.05, 4.69) is 5.16 Å². The molecule has 0 radical (unpaired) electrons. The highest BCUT2D eigenvalue weighted by atomic mass is 35.5. The van der Waals surface area contributed by atoms with Crippen LogP contribution in [0.4, 0.5) is 4.39 Å². The first kappa shape index (κ1) is 10.7. The molecule has 82 valence electrons. The number of halogens is 2. The molecule has 3 nitrogen and oxygen atoms in total. The largest absolute Gasteiger partial charge is 0.455 e. The summed E-state index contributed by atoms with van der Waals surface area (Å²) in [5.74, 6) is 0.448. The highest BCUT2D eigenvalue weighted by molar-refractivity contribution is 6.31. The van der Waals surface area contributed by atoms with E-state index in [1.165, 1.54) is 12.1 Å². The van der Waals surface area contributed by atoms with Crippen LogP contribution in [-0.2, 0) is 0 Å². The zero-order valence-corrected chi connectivity index (χ0v) is 8.78. The average Bonchev–Trinajstić information content (AvgIpc) is 2.71. The van der Waals surface area contributed by atoms with E-state index < -0.39 is 5.82 Å². The monoisotopic (exact) mass is 239 g/mol. The van der Waals surface area contributed by atoms with Gasteiger partial charge in [0.2, 0.25) is 0 Å². The van der Waals surface area contributed by atoms with Gasteiger partial charge < -0.3 is 9.62 Å². The minimum Gasteiger partial charge on any atom is -0.455 e. The van der Waals surface area contributed by atoms with E-state index in [0.29, 0.717) is 17.1 Å². The van der Waals surface area contributed by atoms with E-state index in [1.807, 2.05) is 0 Å². The van der Waals surface area contributed by atoms with Crippen LogP contribution in [-0.4, -0.2) is 11.4 Å². The molecular formula is C11H7ClFNO2. The first-order valence-electron chi connectivity index (χ1n) is 4.43. The van der Waals surface area contributed by atoms with Gasteiger partial charge in [0.05, 0.1) is 5.02 Å². The van der Waals surface area contributed by atoms with Crippen LogP contribution in [0.15, 0.2) is 39.9 Å². The lowest BCUT2D eigenvalue weighted by molar-refractivity contribution is 0.321. The summed E-state index contributed by atoms with van der Waals surface area (Å²) >= 11 is 5.65. The fraction of sp³-hybridized carbons (Fsp3) is 0. The van der Waals surface area contributed by atoms with Gasteiger partial charge in [-0.2, -0.15) is 0 Å². The standard InChI is InChI=1S/C11H7ClFNO2/c12-9-5-7(1-3-10(9)13)11-4-2-8(16-11)6-14-15/h1-6,15H/b14-6-. The predicted molar refractivity (Wildman–Crippen MR) is 58.5 cm³/mol. The zero-order valence-electron chi connectivity index (χ0n) is 8.02. The lowest BCUT2D eigenvalue weighted by atomic mass is 10.2. The topological polar surface area (TPSA) is 45.7 Å². The van der Waals surface area contributed by atoms with Crippen molar-refractivity contribution in [1.82, 2.24) is 0 Å². The molecule has 0 bridgehead atoms. The lowest BCUT2D eigenvalue weighted by Gasteiger charge is -1.98. The second-order valence-electron chi connectivity index (χ2n) is 3.08. The van der Waals surface area contributed by atoms with E-state index in [4.69, 9.17) is 21.2 Å². The quantitative estimate of drug-likeness (QED) is 0.495. The van der Waals surface area contributed by atoms with Gasteiger partial charge in [-0.15, -0.1) is 0 Å². The summed E-state index contributed by atoms with van der Waals surface area (Å²) in [5.41, 5.74) is 0.656. The van der Waals surface area contributed by atoms with E-state index in [-0.39, 0.29) is 5.02 Å². The van der Waals surface area contributed by atoms with Crippen molar-refractivity contribution in [2.24, 2.45) is 5.16 Å². The molecule has 0 unspecified atom stereocenters. The van der Waals surface area contributed by atoms with Gasteiger partial charge in [0, 0.05) is 5.56 Å². The van der Waals surface area contributed by atoms with Crippen molar-refractivity contribution in [3.05, 3.63) is 46.9 Å². The normalized spacial score (nSPS) is 11.1. The highest BCUT2D eigenvalue weighted by Crippen LogP contribution is 2.26. The van der Waals surface area contributed by atoms with Crippen molar-refractivity contribution in [3.63, 3.8) is 0 Å². The summed E-state index contributed by atoms with van der Waals surface area (Å²) in [6.45, 7) is 0. The summed E-state index contributed by atoms with van der Waals surface area (Å²) in [7, 11) is 0. The van der Waals surface area contributed by atoms with E-state index >= 15 is 0 Å². The molecule has 0 aliphatic heterocycles. The molecular weight excluding hydrogens is 233 g/mol. The van der Waals surface area contributed by atoms with Gasteiger partial charge in [-0.25, -0.2) is 4.39 Å². The molecule has 1 aromatic heterocycles. The Bertz CT molecular complexity index is 537. The Morgan fingerprint density at radius 3 is 2.81 bits per heavy atom. The van der Waals surface area contributed by atoms with Gasteiger partial charge in [0.25, 0.3) is 0 Å². The van der Waals surface area contributed by atoms with Gasteiger partial charge in [-0.3, -0.25) is 0 Å². The fourth-order valence-corrected chi connectivity index (χ4v) is 1.46. The Balaban J connectivity index is 2.38. The van der Waals surface area contributed by atoms with Crippen molar-refractivity contribution in [3.8, 4) is 11.3 Å². The third kappa shape index (κ3) is 2.06. The van der Waals surface area contributed by atoms with Gasteiger partial charge in [0.1, 0.15) is 23.6 Å². The maximum atomic E-state index is 12.9. The summed E-state index contributed by atoms with van der Waals surface area (Å²) in [4.78, 5) is 0. The van der Waals surface area contributed by atoms with Crippen LogP contribution < -0.4 is 0 Å². The Morgan fingerprint density at radius 1 is 1.31 bits per heavy atom. The molecule has 0 aliphatic carbocycles. The SMILES string of the molecule is O/N=C\c1ccc(-c2ccc(F)c(Cl)c2)o1. The number of oxime groups is 1. The third-order valence-corrected chi connectivity index (χ3v) is 2.31. The van der Waals surface area contributed by atoms with Crippen molar-refractivity contribution in [2.45, 2.75) is 0 Å². The molecule has 0 fully saturated rings. The molecule has 1 aromatic carbocycles. The molecule has 1 N–H and O–H groups in total. The summed E-state index contributed by atoms with van der Waals surface area (Å²) in [6, 6.07) is 7.60. The van der Waals surface area contributed by atoms with Gasteiger partial charge >= 0.3 is 0 Å². The Kier molecular flexibility index (Phi) is 2.92. The number of benzene rings is 1. The van der Waals surface area contributed by atoms with Crippen molar-refractivity contribution in [2.75, 3.05) is 0 Å². The second kappa shape index (κ2) is 4.37. The van der Waals surface area contributed by atoms with Crippen LogP contribution in [0.3, 0.4) is 0 Å². The first-order valence-corrected chi connectivity index (χ1v) is 4.81. The molecule has 0 aliphatic rings. The smallest absolute Gasteiger partial charge is 0.149 e. The molecule has 1 heterocycles. The molecule has 0 saturated heterocycles. The zero-order chi connectivity index (χ0) is 11.5. The van der Waals surface area contributed by atoms with E-state index in [0.717, 1.165) is 6.21 Å². The van der Waals surface area contributed by atoms with Crippen LogP contribution >= 0.6 is 11.6 Å². The Hall–Kier alpha value is -1.81. The van der Waals surface area contributed by atoms with Crippen molar-refractivity contribution in [1.29, 1.82) is 0 Å². The minimum absolute atomic E-state index is 0.0336. The van der Waals surface area contributed by atoms with E-state index in [1.54, 1.807) is 18.2 Å². The van der Waals surface area contributed by atoms with Crippen LogP contribution in [0.2, 0.25) is 5.02 Å². The van der Waals surface area contributed by atoms with E-state index in [9.17, 15) is 4.39 Å². The minimum atomic E-state index is -0.478. The van der Waals surface area contributed by atoms with Crippen LogP contribution in [0.5, 0.6) is 0 Å². The first-order chi connectivity index (χ1) is 7.70. The van der Waals surface area contributed by atoms with Gasteiger partial charge in [0.15, 0.2) is 0 Å². The predicted octanol–water partition coefficient (Wildman–Crippen LogP) is 3.55. The average molecular weight is 240 g/mol. The van der Waals surface area contributed by atoms with Crippen LogP contribution in [0.1, 0.15) is 5.76 Å². The lowest BCUT2D eigenvalue weighted by Crippen LogP contribution is -1.79. The Morgan fingerprint density at radius 2 is 2.12 bits per heavy atom.